The fourth-order valence-corrected chi connectivity index (χ4v) is 1.03. The van der Waals surface area contributed by atoms with Gasteiger partial charge in [-0.2, -0.15) is 0 Å². The van der Waals surface area contributed by atoms with Crippen molar-refractivity contribution >= 4 is 26.1 Å². The van der Waals surface area contributed by atoms with Gasteiger partial charge in [0.05, 0.1) is 0 Å². The molecular weight excluding hydrogens is 298 g/mol. The molecule has 5 heteroatoms. The summed E-state index contributed by atoms with van der Waals surface area (Å²) in [6.45, 7) is 0. The van der Waals surface area contributed by atoms with Crippen molar-refractivity contribution < 1.29 is 13.2 Å². The Morgan fingerprint density at radius 3 is 1.57 bits per heavy atom. The van der Waals surface area contributed by atoms with E-state index < -0.39 is 17.5 Å². The van der Waals surface area contributed by atoms with E-state index in [1.165, 1.54) is 0 Å². The van der Waals surface area contributed by atoms with E-state index >= 15 is 0 Å². The quantitative estimate of drug-likeness (QED) is 0.641. The molecule has 0 aliphatic rings. The predicted molar refractivity (Wildman–Crippen MR) is 52.7 cm³/mol. The van der Waals surface area contributed by atoms with E-state index in [2.05, 4.69) is 0 Å². The minimum absolute atomic E-state index is 0.0215. The Balaban J connectivity index is 0.000000364. The molecule has 0 saturated carbocycles. The van der Waals surface area contributed by atoms with E-state index in [9.17, 15) is 13.2 Å². The van der Waals surface area contributed by atoms with Crippen molar-refractivity contribution in [1.82, 2.24) is 4.90 Å². The molecule has 1 rings (SSSR count). The molecule has 0 spiro atoms. The van der Waals surface area contributed by atoms with E-state index in [0.29, 0.717) is 34.7 Å². The van der Waals surface area contributed by atoms with E-state index in [0.717, 1.165) is 0 Å². The maximum absolute atomic E-state index is 12.4. The van der Waals surface area contributed by atoms with E-state index in [-0.39, 0.29) is 3.58 Å². The number of hydrogen-bond donors (Lipinski definition) is 0. The molecule has 1 aromatic rings. The van der Waals surface area contributed by atoms with Gasteiger partial charge in [-0.1, -0.05) is 0 Å². The van der Waals surface area contributed by atoms with Crippen LogP contribution < -0.4 is 3.58 Å². The van der Waals surface area contributed by atoms with Crippen LogP contribution in [0.3, 0.4) is 0 Å². The Bertz CT molecular complexity index is 276. The summed E-state index contributed by atoms with van der Waals surface area (Å²) in [6.07, 6.45) is 0. The van der Waals surface area contributed by atoms with Gasteiger partial charge in [0.1, 0.15) is 0 Å². The molecule has 14 heavy (non-hydrogen) atoms. The first-order valence-corrected chi connectivity index (χ1v) is 5.50. The van der Waals surface area contributed by atoms with E-state index in [1.54, 1.807) is 0 Å². The Morgan fingerprint density at radius 2 is 1.29 bits per heavy atom. The van der Waals surface area contributed by atoms with Crippen LogP contribution in [0, 0.1) is 17.5 Å². The Morgan fingerprint density at radius 1 is 1.00 bits per heavy atom. The van der Waals surface area contributed by atoms with Crippen LogP contribution in [0.4, 0.5) is 13.2 Å². The van der Waals surface area contributed by atoms with Gasteiger partial charge < -0.3 is 4.90 Å². The Kier molecular flexibility index (Phi) is 6.19. The average Bonchev–Trinajstić information content (AvgIpc) is 1.98. The molecule has 1 aromatic carbocycles. The number of hydrogen-bond acceptors (Lipinski definition) is 1. The summed E-state index contributed by atoms with van der Waals surface area (Å²) in [5, 5.41) is 0. The number of benzene rings is 1. The first-order valence-electron chi connectivity index (χ1n) is 3.85. The summed E-state index contributed by atoms with van der Waals surface area (Å²) in [5.41, 5.74) is 0. The molecule has 0 unspecified atom stereocenters. The average molecular weight is 310 g/mol. The van der Waals surface area contributed by atoms with Crippen LogP contribution in [0.5, 0.6) is 0 Å². The summed E-state index contributed by atoms with van der Waals surface area (Å²) in [7, 11) is 6.00. The molecule has 0 aliphatic carbocycles. The summed E-state index contributed by atoms with van der Waals surface area (Å²) in [6, 6.07) is 1.37. The minimum atomic E-state index is -0.868. The van der Waals surface area contributed by atoms with Gasteiger partial charge in [-0.15, -0.1) is 0 Å². The van der Waals surface area contributed by atoms with Crippen LogP contribution >= 0.6 is 0 Å². The van der Waals surface area contributed by atoms with Crippen LogP contribution in [0.15, 0.2) is 12.1 Å². The maximum atomic E-state index is 12.4. The second kappa shape index (κ2) is 6.29. The van der Waals surface area contributed by atoms with Gasteiger partial charge in [0, 0.05) is 0 Å². The van der Waals surface area contributed by atoms with Crippen molar-refractivity contribution in [3.8, 4) is 0 Å². The number of rotatable bonds is 0. The molecule has 0 saturated heterocycles. The molecule has 0 N–H and O–H groups in total. The first kappa shape index (κ1) is 13.8. The zero-order valence-corrected chi connectivity index (χ0v) is 11.6. The van der Waals surface area contributed by atoms with Crippen LogP contribution in [-0.4, -0.2) is 48.6 Å². The monoisotopic (exact) mass is 311 g/mol. The molecule has 2 radical (unpaired) electrons. The van der Waals surface area contributed by atoms with Gasteiger partial charge in [-0.3, -0.25) is 0 Å². The number of halogens is 3. The van der Waals surface area contributed by atoms with Crippen molar-refractivity contribution in [2.45, 2.75) is 0 Å². The fraction of sp³-hybridized carbons (Fsp3) is 0.333. The normalized spacial score (nSPS) is 9.71. The summed E-state index contributed by atoms with van der Waals surface area (Å²) < 4.78 is 36.9. The molecule has 0 heterocycles. The summed E-state index contributed by atoms with van der Waals surface area (Å²) >= 11 is 0.323. The second-order valence-corrected chi connectivity index (χ2v) is 4.77. The molecule has 0 aromatic heterocycles. The molecule has 1 nitrogen and oxygen atoms in total. The molecule has 0 amide bonds. The molecule has 0 atom stereocenters. The topological polar surface area (TPSA) is 3.24 Å². The van der Waals surface area contributed by atoms with E-state index in [1.807, 2.05) is 26.0 Å². The molecule has 0 fully saturated rings. The number of nitrogens with zero attached hydrogens (tertiary/aromatic N) is 1. The van der Waals surface area contributed by atoms with Crippen LogP contribution in [-0.2, 0) is 0 Å². The van der Waals surface area contributed by atoms with Crippen LogP contribution in [0.1, 0.15) is 0 Å². The van der Waals surface area contributed by atoms with Crippen molar-refractivity contribution in [1.29, 1.82) is 0 Å². The standard InChI is InChI=1S/C6H2F3.C3H9N.Sn.H/c7-4-1-5(8)3-6(9)2-4;1-4(2)3;;/h1-2H;1-3H3;;. The van der Waals surface area contributed by atoms with Gasteiger partial charge >= 0.3 is 68.9 Å². The van der Waals surface area contributed by atoms with Crippen LogP contribution in [0.2, 0.25) is 0 Å². The SMILES string of the molecule is CN(C)C.Fc1cc(F)[c]([SnH])c(F)c1. The Hall–Kier alpha value is -0.231. The predicted octanol–water partition coefficient (Wildman–Crippen LogP) is 0.808. The van der Waals surface area contributed by atoms with Gasteiger partial charge in [0.15, 0.2) is 0 Å². The van der Waals surface area contributed by atoms with Crippen molar-refractivity contribution in [2.24, 2.45) is 0 Å². The summed E-state index contributed by atoms with van der Waals surface area (Å²) in [4.78, 5) is 2.00. The third kappa shape index (κ3) is 5.49. The third-order valence-electron chi connectivity index (χ3n) is 1.04. The second-order valence-electron chi connectivity index (χ2n) is 3.12. The third-order valence-corrected chi connectivity index (χ3v) is 2.62. The van der Waals surface area contributed by atoms with Crippen molar-refractivity contribution in [3.05, 3.63) is 29.6 Å². The first-order chi connectivity index (χ1) is 6.34. The van der Waals surface area contributed by atoms with Gasteiger partial charge in [-0.25, -0.2) is 0 Å². The molecular formula is C9H12F3NSn. The zero-order chi connectivity index (χ0) is 11.3. The van der Waals surface area contributed by atoms with Gasteiger partial charge in [0.25, 0.3) is 0 Å². The molecule has 78 valence electrons. The molecule has 0 bridgehead atoms. The van der Waals surface area contributed by atoms with Gasteiger partial charge in [0.2, 0.25) is 0 Å². The van der Waals surface area contributed by atoms with Gasteiger partial charge in [-0.05, 0) is 21.1 Å². The summed E-state index contributed by atoms with van der Waals surface area (Å²) in [5.74, 6) is -2.45. The zero-order valence-electron chi connectivity index (χ0n) is 8.31. The Labute approximate surface area is 95.0 Å². The van der Waals surface area contributed by atoms with Crippen molar-refractivity contribution in [2.75, 3.05) is 21.1 Å². The van der Waals surface area contributed by atoms with Crippen molar-refractivity contribution in [3.63, 3.8) is 0 Å². The van der Waals surface area contributed by atoms with E-state index in [4.69, 9.17) is 0 Å². The van der Waals surface area contributed by atoms with Crippen LogP contribution in [0.25, 0.3) is 0 Å². The molecule has 0 aliphatic heterocycles. The fourth-order valence-electron chi connectivity index (χ4n) is 0.553.